The van der Waals surface area contributed by atoms with E-state index in [1.54, 1.807) is 11.8 Å². The van der Waals surface area contributed by atoms with Crippen molar-refractivity contribution >= 4 is 17.7 Å². The van der Waals surface area contributed by atoms with E-state index in [1.807, 2.05) is 4.90 Å². The molecule has 0 aliphatic carbocycles. The second-order valence-corrected chi connectivity index (χ2v) is 6.08. The first-order chi connectivity index (χ1) is 12.1. The van der Waals surface area contributed by atoms with E-state index in [2.05, 4.69) is 37.4 Å². The highest BCUT2D eigenvalue weighted by atomic mass is 16.6. The van der Waals surface area contributed by atoms with Gasteiger partial charge in [-0.25, -0.2) is 4.79 Å². The number of anilines is 1. The van der Waals surface area contributed by atoms with Crippen LogP contribution >= 0.6 is 0 Å². The maximum atomic E-state index is 12.5. The number of rotatable bonds is 6. The van der Waals surface area contributed by atoms with Crippen molar-refractivity contribution < 1.29 is 14.3 Å². The number of benzene rings is 1. The lowest BCUT2D eigenvalue weighted by Gasteiger charge is -2.34. The molecule has 6 nitrogen and oxygen atoms in total. The highest BCUT2D eigenvalue weighted by molar-refractivity contribution is 5.82. The summed E-state index contributed by atoms with van der Waals surface area (Å²) in [7, 11) is 0. The van der Waals surface area contributed by atoms with Crippen LogP contribution in [-0.2, 0) is 22.4 Å². The molecule has 2 amide bonds. The fourth-order valence-electron chi connectivity index (χ4n) is 3.10. The van der Waals surface area contributed by atoms with Crippen LogP contribution in [0.1, 0.15) is 31.9 Å². The van der Waals surface area contributed by atoms with Gasteiger partial charge in [0.15, 0.2) is 0 Å². The number of carbonyl (C=O) groups excluding carboxylic acids is 2. The Balaban J connectivity index is 1.89. The van der Waals surface area contributed by atoms with E-state index in [-0.39, 0.29) is 18.5 Å². The molecule has 0 atom stereocenters. The van der Waals surface area contributed by atoms with E-state index in [0.717, 1.165) is 18.5 Å². The van der Waals surface area contributed by atoms with Gasteiger partial charge in [0.2, 0.25) is 5.91 Å². The zero-order valence-corrected chi connectivity index (χ0v) is 15.5. The van der Waals surface area contributed by atoms with Gasteiger partial charge in [0, 0.05) is 31.9 Å². The summed E-state index contributed by atoms with van der Waals surface area (Å²) in [5.41, 5.74) is 3.56. The van der Waals surface area contributed by atoms with E-state index < -0.39 is 0 Å². The maximum Gasteiger partial charge on any atom is 0.409 e. The molecule has 1 aromatic rings. The molecule has 25 heavy (non-hydrogen) atoms. The van der Waals surface area contributed by atoms with Gasteiger partial charge in [-0.2, -0.15) is 0 Å². The first-order valence-corrected chi connectivity index (χ1v) is 9.14. The molecule has 2 rings (SSSR count). The van der Waals surface area contributed by atoms with Crippen LogP contribution in [-0.4, -0.2) is 61.1 Å². The molecule has 1 fully saturated rings. The van der Waals surface area contributed by atoms with E-state index >= 15 is 0 Å². The van der Waals surface area contributed by atoms with Crippen molar-refractivity contribution in [2.75, 3.05) is 44.6 Å². The first kappa shape index (κ1) is 19.1. The van der Waals surface area contributed by atoms with Gasteiger partial charge >= 0.3 is 6.09 Å². The molecule has 1 heterocycles. The number of hydrogen-bond acceptors (Lipinski definition) is 4. The Morgan fingerprint density at radius 1 is 1.00 bits per heavy atom. The number of nitrogens with zero attached hydrogens (tertiary/aromatic N) is 2. The van der Waals surface area contributed by atoms with Gasteiger partial charge in [-0.1, -0.05) is 32.0 Å². The third kappa shape index (κ3) is 4.87. The smallest absolute Gasteiger partial charge is 0.409 e. The molecule has 138 valence electrons. The highest BCUT2D eigenvalue weighted by Gasteiger charge is 2.24. The predicted octanol–water partition coefficient (Wildman–Crippen LogP) is 2.52. The number of nitrogens with one attached hydrogen (secondary N) is 1. The maximum absolute atomic E-state index is 12.5. The van der Waals surface area contributed by atoms with Crippen molar-refractivity contribution in [1.82, 2.24) is 9.80 Å². The molecule has 1 N–H and O–H groups in total. The number of piperazine rings is 1. The summed E-state index contributed by atoms with van der Waals surface area (Å²) in [5, 5.41) is 3.34. The lowest BCUT2D eigenvalue weighted by molar-refractivity contribution is -0.130. The molecule has 0 unspecified atom stereocenters. The van der Waals surface area contributed by atoms with E-state index in [1.165, 1.54) is 11.1 Å². The molecule has 0 aromatic heterocycles. The van der Waals surface area contributed by atoms with Gasteiger partial charge in [0.1, 0.15) is 0 Å². The molecular formula is C19H29N3O3. The van der Waals surface area contributed by atoms with Crippen LogP contribution in [0, 0.1) is 0 Å². The second-order valence-electron chi connectivity index (χ2n) is 6.08. The first-order valence-electron chi connectivity index (χ1n) is 9.14. The van der Waals surface area contributed by atoms with Crippen molar-refractivity contribution in [1.29, 1.82) is 0 Å². The largest absolute Gasteiger partial charge is 0.450 e. The van der Waals surface area contributed by atoms with Crippen molar-refractivity contribution in [3.8, 4) is 0 Å². The summed E-state index contributed by atoms with van der Waals surface area (Å²) < 4.78 is 5.00. The Kier molecular flexibility index (Phi) is 7.10. The topological polar surface area (TPSA) is 61.9 Å². The lowest BCUT2D eigenvalue weighted by atomic mass is 10.0. The number of ether oxygens (including phenoxy) is 1. The van der Waals surface area contributed by atoms with Crippen molar-refractivity contribution in [3.05, 3.63) is 29.3 Å². The summed E-state index contributed by atoms with van der Waals surface area (Å²) in [5.74, 6) is 0.0662. The SMILES string of the molecule is CCOC(=O)N1CCN(C(=O)CNc2c(CC)cccc2CC)CC1. The Bertz CT molecular complexity index is 573. The minimum absolute atomic E-state index is 0.0662. The van der Waals surface area contributed by atoms with Crippen molar-refractivity contribution in [2.45, 2.75) is 33.6 Å². The Morgan fingerprint density at radius 3 is 2.08 bits per heavy atom. The summed E-state index contributed by atoms with van der Waals surface area (Å²) in [6.07, 6.45) is 1.57. The monoisotopic (exact) mass is 347 g/mol. The van der Waals surface area contributed by atoms with Crippen molar-refractivity contribution in [2.24, 2.45) is 0 Å². The van der Waals surface area contributed by atoms with Crippen LogP contribution in [0.5, 0.6) is 0 Å². The summed E-state index contributed by atoms with van der Waals surface area (Å²) in [6.45, 7) is 8.84. The number of hydrogen-bond donors (Lipinski definition) is 1. The summed E-state index contributed by atoms with van der Waals surface area (Å²) in [6, 6.07) is 6.27. The normalized spacial score (nSPS) is 14.4. The van der Waals surface area contributed by atoms with Crippen LogP contribution in [0.25, 0.3) is 0 Å². The Labute approximate surface area is 150 Å². The fraction of sp³-hybridized carbons (Fsp3) is 0.579. The lowest BCUT2D eigenvalue weighted by Crippen LogP contribution is -2.51. The van der Waals surface area contributed by atoms with E-state index in [4.69, 9.17) is 4.74 Å². The molecule has 0 bridgehead atoms. The van der Waals surface area contributed by atoms with E-state index in [0.29, 0.717) is 32.8 Å². The number of carbonyl (C=O) groups is 2. The molecule has 0 saturated carbocycles. The summed E-state index contributed by atoms with van der Waals surface area (Å²) in [4.78, 5) is 27.7. The average molecular weight is 347 g/mol. The van der Waals surface area contributed by atoms with Crippen LogP contribution < -0.4 is 5.32 Å². The van der Waals surface area contributed by atoms with Gasteiger partial charge in [0.25, 0.3) is 0 Å². The molecule has 0 radical (unpaired) electrons. The number of aryl methyl sites for hydroxylation is 2. The molecule has 1 aliphatic heterocycles. The number of para-hydroxylation sites is 1. The molecule has 1 aromatic carbocycles. The predicted molar refractivity (Wildman–Crippen MR) is 98.9 cm³/mol. The highest BCUT2D eigenvalue weighted by Crippen LogP contribution is 2.22. The van der Waals surface area contributed by atoms with Crippen molar-refractivity contribution in [3.63, 3.8) is 0 Å². The van der Waals surface area contributed by atoms with Crippen LogP contribution in [0.15, 0.2) is 18.2 Å². The zero-order valence-electron chi connectivity index (χ0n) is 15.5. The Hall–Kier alpha value is -2.24. The van der Waals surface area contributed by atoms with Gasteiger partial charge in [-0.3, -0.25) is 4.79 Å². The Morgan fingerprint density at radius 2 is 1.56 bits per heavy atom. The van der Waals surface area contributed by atoms with Crippen LogP contribution in [0.3, 0.4) is 0 Å². The third-order valence-corrected chi connectivity index (χ3v) is 4.57. The molecule has 6 heteroatoms. The van der Waals surface area contributed by atoms with Gasteiger partial charge in [-0.05, 0) is 30.9 Å². The van der Waals surface area contributed by atoms with Gasteiger partial charge in [-0.15, -0.1) is 0 Å². The average Bonchev–Trinajstić information content (AvgIpc) is 2.66. The second kappa shape index (κ2) is 9.30. The number of amides is 2. The molecule has 0 spiro atoms. The van der Waals surface area contributed by atoms with Crippen LogP contribution in [0.2, 0.25) is 0 Å². The van der Waals surface area contributed by atoms with Gasteiger partial charge < -0.3 is 19.9 Å². The minimum Gasteiger partial charge on any atom is -0.450 e. The fourth-order valence-corrected chi connectivity index (χ4v) is 3.10. The standard InChI is InChI=1S/C19H29N3O3/c1-4-15-8-7-9-16(5-2)18(15)20-14-17(23)21-10-12-22(13-11-21)19(24)25-6-3/h7-9,20H,4-6,10-14H2,1-3H3. The van der Waals surface area contributed by atoms with Crippen LogP contribution in [0.4, 0.5) is 10.5 Å². The zero-order chi connectivity index (χ0) is 18.2. The quantitative estimate of drug-likeness (QED) is 0.859. The van der Waals surface area contributed by atoms with Gasteiger partial charge in [0.05, 0.1) is 13.2 Å². The molecular weight excluding hydrogens is 318 g/mol. The summed E-state index contributed by atoms with van der Waals surface area (Å²) >= 11 is 0. The van der Waals surface area contributed by atoms with E-state index in [9.17, 15) is 9.59 Å². The third-order valence-electron chi connectivity index (χ3n) is 4.57. The molecule has 1 saturated heterocycles. The molecule has 1 aliphatic rings. The minimum atomic E-state index is -0.294.